The van der Waals surface area contributed by atoms with Crippen molar-refractivity contribution in [1.82, 2.24) is 10.4 Å². The minimum absolute atomic E-state index is 0.126. The summed E-state index contributed by atoms with van der Waals surface area (Å²) >= 11 is 0. The first-order valence-corrected chi connectivity index (χ1v) is 11.0. The summed E-state index contributed by atoms with van der Waals surface area (Å²) in [6.07, 6.45) is 2.91. The number of phenolic OH excluding ortho intramolecular Hbond substituents is 1. The number of anilines is 2. The van der Waals surface area contributed by atoms with Crippen molar-refractivity contribution in [2.45, 2.75) is 6.92 Å². The number of aromatic hydroxyl groups is 1. The molecule has 0 aliphatic rings. The number of hydrazone groups is 1. The predicted octanol–water partition coefficient (Wildman–Crippen LogP) is 5.30. The van der Waals surface area contributed by atoms with E-state index in [2.05, 4.69) is 26.1 Å². The van der Waals surface area contributed by atoms with Gasteiger partial charge in [0, 0.05) is 23.6 Å². The van der Waals surface area contributed by atoms with Crippen LogP contribution in [-0.2, 0) is 0 Å². The van der Waals surface area contributed by atoms with Crippen LogP contribution in [0, 0.1) is 6.92 Å². The SMILES string of the molecule is Cc1cccc(NC(=O)Nc2ccc(Oc3ccnc(C(=O)N/N=C/c4ccc(O)cc4)c3)cc2)c1. The molecule has 0 saturated carbocycles. The van der Waals surface area contributed by atoms with Gasteiger partial charge in [0.15, 0.2) is 0 Å². The molecule has 4 aromatic rings. The third-order valence-corrected chi connectivity index (χ3v) is 4.86. The Morgan fingerprint density at radius 3 is 2.39 bits per heavy atom. The molecule has 0 aliphatic heterocycles. The number of carbonyl (C=O) groups is 2. The standard InChI is InChI=1S/C27H23N5O4/c1-18-3-2-4-21(15-18)31-27(35)30-20-7-11-23(12-8-20)36-24-13-14-28-25(16-24)26(34)32-29-17-19-5-9-22(33)10-6-19/h2-17,33H,1H3,(H,32,34)(H2,30,31,35)/b29-17+. The summed E-state index contributed by atoms with van der Waals surface area (Å²) in [6, 6.07) is 23.5. The minimum Gasteiger partial charge on any atom is -0.508 e. The molecule has 0 unspecified atom stereocenters. The van der Waals surface area contributed by atoms with Crippen LogP contribution in [0.5, 0.6) is 17.2 Å². The highest BCUT2D eigenvalue weighted by Gasteiger charge is 2.09. The fourth-order valence-corrected chi connectivity index (χ4v) is 3.14. The molecular weight excluding hydrogens is 458 g/mol. The predicted molar refractivity (Wildman–Crippen MR) is 138 cm³/mol. The maximum Gasteiger partial charge on any atom is 0.323 e. The lowest BCUT2D eigenvalue weighted by Crippen LogP contribution is -2.19. The van der Waals surface area contributed by atoms with Gasteiger partial charge < -0.3 is 20.5 Å². The van der Waals surface area contributed by atoms with E-state index >= 15 is 0 Å². The van der Waals surface area contributed by atoms with Gasteiger partial charge >= 0.3 is 6.03 Å². The highest BCUT2D eigenvalue weighted by molar-refractivity contribution is 5.99. The number of hydrogen-bond acceptors (Lipinski definition) is 6. The average Bonchev–Trinajstić information content (AvgIpc) is 2.86. The van der Waals surface area contributed by atoms with Gasteiger partial charge in [-0.1, -0.05) is 12.1 Å². The number of amides is 3. The van der Waals surface area contributed by atoms with Gasteiger partial charge in [0.25, 0.3) is 5.91 Å². The maximum absolute atomic E-state index is 12.4. The van der Waals surface area contributed by atoms with Crippen molar-refractivity contribution in [1.29, 1.82) is 0 Å². The Morgan fingerprint density at radius 1 is 0.889 bits per heavy atom. The van der Waals surface area contributed by atoms with Crippen molar-refractivity contribution >= 4 is 29.5 Å². The van der Waals surface area contributed by atoms with E-state index in [1.807, 2.05) is 31.2 Å². The van der Waals surface area contributed by atoms with E-state index in [4.69, 9.17) is 4.74 Å². The molecular formula is C27H23N5O4. The summed E-state index contributed by atoms with van der Waals surface area (Å²) in [6.45, 7) is 1.95. The quantitative estimate of drug-likeness (QED) is 0.211. The first-order valence-electron chi connectivity index (χ1n) is 11.0. The van der Waals surface area contributed by atoms with Gasteiger partial charge in [0.2, 0.25) is 0 Å². The van der Waals surface area contributed by atoms with E-state index in [1.165, 1.54) is 30.6 Å². The monoisotopic (exact) mass is 481 g/mol. The third kappa shape index (κ3) is 6.91. The number of benzene rings is 3. The van der Waals surface area contributed by atoms with Gasteiger partial charge in [0.05, 0.1) is 6.21 Å². The fourth-order valence-electron chi connectivity index (χ4n) is 3.14. The van der Waals surface area contributed by atoms with Gasteiger partial charge in [-0.25, -0.2) is 10.2 Å². The number of aryl methyl sites for hydroxylation is 1. The van der Waals surface area contributed by atoms with Crippen molar-refractivity contribution in [2.24, 2.45) is 5.10 Å². The van der Waals surface area contributed by atoms with E-state index in [0.29, 0.717) is 28.4 Å². The molecule has 0 aliphatic carbocycles. The van der Waals surface area contributed by atoms with Crippen LogP contribution >= 0.6 is 0 Å². The van der Waals surface area contributed by atoms with Crippen molar-refractivity contribution in [2.75, 3.05) is 10.6 Å². The third-order valence-electron chi connectivity index (χ3n) is 4.86. The number of rotatable bonds is 7. The smallest absolute Gasteiger partial charge is 0.323 e. The fraction of sp³-hybridized carbons (Fsp3) is 0.0370. The molecule has 0 radical (unpaired) electrons. The van der Waals surface area contributed by atoms with Crippen molar-refractivity contribution in [3.05, 3.63) is 108 Å². The molecule has 9 nitrogen and oxygen atoms in total. The van der Waals surface area contributed by atoms with E-state index < -0.39 is 5.91 Å². The van der Waals surface area contributed by atoms with Gasteiger partial charge in [-0.15, -0.1) is 0 Å². The Hall–Kier alpha value is -5.18. The lowest BCUT2D eigenvalue weighted by Gasteiger charge is -2.10. The molecule has 0 spiro atoms. The molecule has 3 aromatic carbocycles. The molecule has 36 heavy (non-hydrogen) atoms. The highest BCUT2D eigenvalue weighted by atomic mass is 16.5. The summed E-state index contributed by atoms with van der Waals surface area (Å²) in [5, 5.41) is 18.7. The maximum atomic E-state index is 12.4. The molecule has 4 rings (SSSR count). The van der Waals surface area contributed by atoms with E-state index in [9.17, 15) is 14.7 Å². The minimum atomic E-state index is -0.505. The number of urea groups is 1. The van der Waals surface area contributed by atoms with E-state index in [1.54, 1.807) is 42.5 Å². The Kier molecular flexibility index (Phi) is 7.52. The van der Waals surface area contributed by atoms with E-state index in [0.717, 1.165) is 5.56 Å². The molecule has 0 atom stereocenters. The Bertz CT molecular complexity index is 1390. The largest absolute Gasteiger partial charge is 0.508 e. The second-order valence-electron chi connectivity index (χ2n) is 7.74. The average molecular weight is 482 g/mol. The molecule has 3 amide bonds. The van der Waals surface area contributed by atoms with Gasteiger partial charge in [-0.2, -0.15) is 5.10 Å². The summed E-state index contributed by atoms with van der Waals surface area (Å²) in [7, 11) is 0. The first-order chi connectivity index (χ1) is 17.4. The second kappa shape index (κ2) is 11.3. The Balaban J connectivity index is 1.31. The van der Waals surface area contributed by atoms with Gasteiger partial charge in [-0.3, -0.25) is 9.78 Å². The number of carbonyl (C=O) groups excluding carboxylic acids is 2. The number of nitrogens with zero attached hydrogens (tertiary/aromatic N) is 2. The molecule has 180 valence electrons. The number of ether oxygens (including phenoxy) is 1. The summed E-state index contributed by atoms with van der Waals surface area (Å²) in [5.74, 6) is 0.569. The van der Waals surface area contributed by atoms with Crippen LogP contribution in [0.4, 0.5) is 16.2 Å². The first kappa shape index (κ1) is 24.0. The molecule has 0 saturated heterocycles. The van der Waals surface area contributed by atoms with Crippen LogP contribution in [0.3, 0.4) is 0 Å². The zero-order valence-corrected chi connectivity index (χ0v) is 19.3. The Labute approximate surface area is 207 Å². The van der Waals surface area contributed by atoms with Crippen molar-refractivity contribution in [3.63, 3.8) is 0 Å². The van der Waals surface area contributed by atoms with Crippen LogP contribution in [-0.4, -0.2) is 28.2 Å². The van der Waals surface area contributed by atoms with Crippen LogP contribution in [0.15, 0.2) is 96.2 Å². The molecule has 1 heterocycles. The van der Waals surface area contributed by atoms with Crippen LogP contribution in [0.25, 0.3) is 0 Å². The zero-order valence-electron chi connectivity index (χ0n) is 19.3. The second-order valence-corrected chi connectivity index (χ2v) is 7.74. The van der Waals surface area contributed by atoms with Crippen molar-refractivity contribution < 1.29 is 19.4 Å². The number of aromatic nitrogens is 1. The molecule has 0 bridgehead atoms. The number of hydrogen-bond donors (Lipinski definition) is 4. The number of nitrogens with one attached hydrogen (secondary N) is 3. The van der Waals surface area contributed by atoms with E-state index in [-0.39, 0.29) is 17.5 Å². The topological polar surface area (TPSA) is 125 Å². The molecule has 9 heteroatoms. The summed E-state index contributed by atoms with van der Waals surface area (Å²) in [5.41, 5.74) is 5.59. The molecule has 1 aromatic heterocycles. The summed E-state index contributed by atoms with van der Waals surface area (Å²) in [4.78, 5) is 28.6. The van der Waals surface area contributed by atoms with Crippen LogP contribution in [0.2, 0.25) is 0 Å². The summed E-state index contributed by atoms with van der Waals surface area (Å²) < 4.78 is 5.81. The van der Waals surface area contributed by atoms with Crippen molar-refractivity contribution in [3.8, 4) is 17.2 Å². The zero-order chi connectivity index (χ0) is 25.3. The Morgan fingerprint density at radius 2 is 1.64 bits per heavy atom. The van der Waals surface area contributed by atoms with Gasteiger partial charge in [0.1, 0.15) is 22.9 Å². The highest BCUT2D eigenvalue weighted by Crippen LogP contribution is 2.23. The molecule has 0 fully saturated rings. The van der Waals surface area contributed by atoms with Crippen LogP contribution < -0.4 is 20.8 Å². The number of pyridine rings is 1. The van der Waals surface area contributed by atoms with Crippen LogP contribution in [0.1, 0.15) is 21.6 Å². The lowest BCUT2D eigenvalue weighted by molar-refractivity contribution is 0.0949. The number of phenols is 1. The normalized spacial score (nSPS) is 10.6. The molecule has 4 N–H and O–H groups in total. The lowest BCUT2D eigenvalue weighted by atomic mass is 10.2. The van der Waals surface area contributed by atoms with Gasteiger partial charge in [-0.05, 0) is 84.8 Å².